The molecular weight excluding hydrogens is 256 g/mol. The van der Waals surface area contributed by atoms with Crippen LogP contribution in [0.15, 0.2) is 46.6 Å². The van der Waals surface area contributed by atoms with Crippen LogP contribution < -0.4 is 0 Å². The van der Waals surface area contributed by atoms with E-state index < -0.39 is 0 Å². The molecule has 0 unspecified atom stereocenters. The molecule has 4 heteroatoms. The van der Waals surface area contributed by atoms with Crippen molar-refractivity contribution in [2.24, 2.45) is 4.99 Å². The first-order valence-corrected chi connectivity index (χ1v) is 7.41. The number of benzene rings is 1. The van der Waals surface area contributed by atoms with E-state index in [2.05, 4.69) is 0 Å². The van der Waals surface area contributed by atoms with Crippen molar-refractivity contribution in [3.05, 3.63) is 47.2 Å². The number of rotatable bonds is 2. The topological polar surface area (TPSA) is 32.7 Å². The fourth-order valence-electron chi connectivity index (χ4n) is 2.30. The van der Waals surface area contributed by atoms with E-state index in [4.69, 9.17) is 4.99 Å². The van der Waals surface area contributed by atoms with Crippen molar-refractivity contribution in [2.45, 2.75) is 19.9 Å². The molecule has 0 saturated carbocycles. The summed E-state index contributed by atoms with van der Waals surface area (Å²) in [7, 11) is 1.95. The lowest BCUT2D eigenvalue weighted by atomic mass is 9.94. The summed E-state index contributed by atoms with van der Waals surface area (Å²) in [4.78, 5) is 18.7. The molecule has 3 nitrogen and oxygen atoms in total. The molecule has 19 heavy (non-hydrogen) atoms. The number of aliphatic imine (C=N–C) groups is 1. The number of Topliss-reactive ketones (excluding diaryl/α,β-unsaturated/α-hetero) is 1. The SMILES string of the molecule is CSC1=N[C@H](c2ccccc2)C(C(C)=O)=C(C)N1C. The number of nitrogens with zero attached hydrogens (tertiary/aromatic N) is 2. The molecule has 1 aliphatic rings. The number of allylic oxidation sites excluding steroid dienone is 1. The molecule has 0 amide bonds. The number of thioether (sulfide) groups is 1. The van der Waals surface area contributed by atoms with Crippen LogP contribution in [0.4, 0.5) is 0 Å². The van der Waals surface area contributed by atoms with Gasteiger partial charge < -0.3 is 4.90 Å². The lowest BCUT2D eigenvalue weighted by Gasteiger charge is -2.31. The summed E-state index contributed by atoms with van der Waals surface area (Å²) in [5.74, 6) is 0.0853. The maximum Gasteiger partial charge on any atom is 0.163 e. The molecule has 0 fully saturated rings. The van der Waals surface area contributed by atoms with Crippen LogP contribution in [-0.4, -0.2) is 29.2 Å². The molecule has 0 radical (unpaired) electrons. The predicted octanol–water partition coefficient (Wildman–Crippen LogP) is 3.26. The van der Waals surface area contributed by atoms with Gasteiger partial charge in [0.25, 0.3) is 0 Å². The minimum absolute atomic E-state index is 0.0853. The second kappa shape index (κ2) is 5.61. The van der Waals surface area contributed by atoms with Crippen LogP contribution in [0.3, 0.4) is 0 Å². The van der Waals surface area contributed by atoms with Crippen molar-refractivity contribution in [1.82, 2.24) is 4.90 Å². The Morgan fingerprint density at radius 2 is 1.95 bits per heavy atom. The molecule has 1 aliphatic heterocycles. The minimum atomic E-state index is -0.183. The van der Waals surface area contributed by atoms with Crippen LogP contribution in [0.2, 0.25) is 0 Å². The van der Waals surface area contributed by atoms with Crippen molar-refractivity contribution >= 4 is 22.7 Å². The Bertz CT molecular complexity index is 549. The van der Waals surface area contributed by atoms with E-state index in [9.17, 15) is 4.79 Å². The highest BCUT2D eigenvalue weighted by atomic mass is 32.2. The first-order chi connectivity index (χ1) is 9.06. The Labute approximate surface area is 118 Å². The molecule has 1 aromatic rings. The fraction of sp³-hybridized carbons (Fsp3) is 0.333. The van der Waals surface area contributed by atoms with E-state index in [-0.39, 0.29) is 11.8 Å². The first kappa shape index (κ1) is 13.9. The van der Waals surface area contributed by atoms with E-state index in [1.165, 1.54) is 0 Å². The highest BCUT2D eigenvalue weighted by molar-refractivity contribution is 8.13. The van der Waals surface area contributed by atoms with Crippen LogP contribution in [0, 0.1) is 0 Å². The van der Waals surface area contributed by atoms with Crippen molar-refractivity contribution in [2.75, 3.05) is 13.3 Å². The number of ketones is 1. The van der Waals surface area contributed by atoms with Gasteiger partial charge in [0, 0.05) is 18.3 Å². The summed E-state index contributed by atoms with van der Waals surface area (Å²) in [6.07, 6.45) is 2.00. The van der Waals surface area contributed by atoms with Crippen LogP contribution in [0.1, 0.15) is 25.5 Å². The third-order valence-corrected chi connectivity index (χ3v) is 4.11. The van der Waals surface area contributed by atoms with Gasteiger partial charge >= 0.3 is 0 Å². The molecule has 1 aromatic carbocycles. The molecule has 1 atom stereocenters. The number of carbonyl (C=O) groups excluding carboxylic acids is 1. The second-order valence-corrected chi connectivity index (χ2v) is 5.32. The zero-order valence-corrected chi connectivity index (χ0v) is 12.5. The van der Waals surface area contributed by atoms with Gasteiger partial charge in [-0.2, -0.15) is 0 Å². The number of hydrogen-bond acceptors (Lipinski definition) is 4. The van der Waals surface area contributed by atoms with Crippen molar-refractivity contribution in [1.29, 1.82) is 0 Å². The quantitative estimate of drug-likeness (QED) is 0.830. The number of hydrogen-bond donors (Lipinski definition) is 0. The van der Waals surface area contributed by atoms with Gasteiger partial charge in [0.1, 0.15) is 6.04 Å². The van der Waals surface area contributed by atoms with Gasteiger partial charge in [-0.15, -0.1) is 0 Å². The lowest BCUT2D eigenvalue weighted by Crippen LogP contribution is -2.31. The molecule has 0 bridgehead atoms. The van der Waals surface area contributed by atoms with E-state index in [1.807, 2.05) is 55.5 Å². The van der Waals surface area contributed by atoms with E-state index in [0.29, 0.717) is 0 Å². The normalized spacial score (nSPS) is 19.5. The largest absolute Gasteiger partial charge is 0.328 e. The summed E-state index contributed by atoms with van der Waals surface area (Å²) < 4.78 is 0. The van der Waals surface area contributed by atoms with E-state index >= 15 is 0 Å². The van der Waals surface area contributed by atoms with Gasteiger partial charge in [-0.1, -0.05) is 42.1 Å². The van der Waals surface area contributed by atoms with Crippen molar-refractivity contribution < 1.29 is 4.79 Å². The molecule has 100 valence electrons. The van der Waals surface area contributed by atoms with Crippen LogP contribution in [-0.2, 0) is 4.79 Å². The average Bonchev–Trinajstić information content (AvgIpc) is 2.42. The zero-order chi connectivity index (χ0) is 14.0. The molecule has 2 rings (SSSR count). The zero-order valence-electron chi connectivity index (χ0n) is 11.7. The fourth-order valence-corrected chi connectivity index (χ4v) is 2.92. The number of amidine groups is 1. The highest BCUT2D eigenvalue weighted by Crippen LogP contribution is 2.35. The maximum absolute atomic E-state index is 12.0. The molecule has 1 heterocycles. The van der Waals surface area contributed by atoms with Gasteiger partial charge in [-0.25, -0.2) is 4.99 Å². The van der Waals surface area contributed by atoms with Gasteiger partial charge in [-0.3, -0.25) is 4.79 Å². The third-order valence-electron chi connectivity index (χ3n) is 3.37. The van der Waals surface area contributed by atoms with Crippen LogP contribution in [0.25, 0.3) is 0 Å². The van der Waals surface area contributed by atoms with Crippen molar-refractivity contribution in [3.63, 3.8) is 0 Å². The molecular formula is C15H18N2OS. The Kier molecular flexibility index (Phi) is 4.10. The van der Waals surface area contributed by atoms with Gasteiger partial charge in [0.05, 0.1) is 0 Å². The highest BCUT2D eigenvalue weighted by Gasteiger charge is 2.29. The Hall–Kier alpha value is -1.55. The standard InChI is InChI=1S/C15H18N2OS/c1-10-13(11(2)18)14(12-8-6-5-7-9-12)16-15(19-4)17(10)3/h5-9,14H,1-4H3/t14-/m1/s1. The maximum atomic E-state index is 12.0. The summed E-state index contributed by atoms with van der Waals surface area (Å²) in [5, 5.41) is 0.941. The lowest BCUT2D eigenvalue weighted by molar-refractivity contribution is -0.114. The van der Waals surface area contributed by atoms with Crippen LogP contribution >= 0.6 is 11.8 Å². The first-order valence-electron chi connectivity index (χ1n) is 6.18. The van der Waals surface area contributed by atoms with E-state index in [0.717, 1.165) is 22.0 Å². The van der Waals surface area contributed by atoms with E-state index in [1.54, 1.807) is 18.7 Å². The summed E-state index contributed by atoms with van der Waals surface area (Å²) >= 11 is 1.60. The smallest absolute Gasteiger partial charge is 0.163 e. The Morgan fingerprint density at radius 1 is 1.32 bits per heavy atom. The molecule has 0 aliphatic carbocycles. The van der Waals surface area contributed by atoms with Crippen LogP contribution in [0.5, 0.6) is 0 Å². The Morgan fingerprint density at radius 3 is 2.47 bits per heavy atom. The summed E-state index contributed by atoms with van der Waals surface area (Å²) in [6.45, 7) is 3.60. The average molecular weight is 274 g/mol. The molecule has 0 N–H and O–H groups in total. The van der Waals surface area contributed by atoms with Gasteiger partial charge in [-0.05, 0) is 25.7 Å². The molecule has 0 spiro atoms. The third kappa shape index (κ3) is 2.59. The monoisotopic (exact) mass is 274 g/mol. The Balaban J connectivity index is 2.55. The van der Waals surface area contributed by atoms with Gasteiger partial charge in [0.15, 0.2) is 11.0 Å². The molecule has 0 aromatic heterocycles. The van der Waals surface area contributed by atoms with Crippen molar-refractivity contribution in [3.8, 4) is 0 Å². The summed E-state index contributed by atoms with van der Waals surface area (Å²) in [5.41, 5.74) is 2.83. The number of carbonyl (C=O) groups is 1. The second-order valence-electron chi connectivity index (χ2n) is 4.54. The minimum Gasteiger partial charge on any atom is -0.328 e. The van der Waals surface area contributed by atoms with Gasteiger partial charge in [0.2, 0.25) is 0 Å². The molecule has 0 saturated heterocycles. The predicted molar refractivity (Wildman–Crippen MR) is 81.3 cm³/mol. The summed E-state index contributed by atoms with van der Waals surface area (Å²) in [6, 6.07) is 9.80.